The fourth-order valence-corrected chi connectivity index (χ4v) is 8.18. The van der Waals surface area contributed by atoms with Gasteiger partial charge in [-0.3, -0.25) is 14.4 Å². The fraction of sp³-hybridized carbons (Fsp3) is 0.687. The zero-order valence-corrected chi connectivity index (χ0v) is 47.6. The van der Waals surface area contributed by atoms with E-state index < -0.39 is 6.10 Å². The average Bonchev–Trinajstić information content (AvgIpc) is 3.39. The van der Waals surface area contributed by atoms with Gasteiger partial charge in [-0.15, -0.1) is 0 Å². The number of unbranched alkanes of at least 4 members (excludes halogenated alkanes) is 25. The molecular formula is C67H112O6. The molecule has 0 N–H and O–H groups in total. The van der Waals surface area contributed by atoms with E-state index in [0.29, 0.717) is 19.3 Å². The van der Waals surface area contributed by atoms with Crippen molar-refractivity contribution < 1.29 is 28.6 Å². The van der Waals surface area contributed by atoms with Gasteiger partial charge in [0.25, 0.3) is 0 Å². The van der Waals surface area contributed by atoms with E-state index in [9.17, 15) is 14.4 Å². The van der Waals surface area contributed by atoms with Crippen molar-refractivity contribution in [3.8, 4) is 0 Å². The molecule has 0 heterocycles. The molecule has 0 rings (SSSR count). The van der Waals surface area contributed by atoms with Crippen molar-refractivity contribution in [1.82, 2.24) is 0 Å². The Bertz CT molecular complexity index is 1490. The molecule has 0 aliphatic rings. The number of allylic oxidation sites excluding steroid dienone is 18. The third-order valence-corrected chi connectivity index (χ3v) is 12.7. The van der Waals surface area contributed by atoms with Gasteiger partial charge < -0.3 is 14.2 Å². The smallest absolute Gasteiger partial charge is 0.306 e. The molecule has 0 aromatic rings. The van der Waals surface area contributed by atoms with Crippen molar-refractivity contribution in [2.24, 2.45) is 0 Å². The molecule has 0 radical (unpaired) electrons. The molecule has 0 fully saturated rings. The Kier molecular flexibility index (Phi) is 57.4. The van der Waals surface area contributed by atoms with Crippen molar-refractivity contribution in [1.29, 1.82) is 0 Å². The van der Waals surface area contributed by atoms with Gasteiger partial charge >= 0.3 is 17.9 Å². The number of ether oxygens (including phenoxy) is 3. The molecule has 0 aliphatic heterocycles. The number of carbonyl (C=O) groups is 3. The summed E-state index contributed by atoms with van der Waals surface area (Å²) in [6.07, 6.45) is 82.2. The van der Waals surface area contributed by atoms with E-state index in [0.717, 1.165) is 141 Å². The fourth-order valence-electron chi connectivity index (χ4n) is 8.18. The molecule has 1 atom stereocenters. The van der Waals surface area contributed by atoms with Crippen LogP contribution in [0.1, 0.15) is 278 Å². The summed E-state index contributed by atoms with van der Waals surface area (Å²) >= 11 is 0. The summed E-state index contributed by atoms with van der Waals surface area (Å²) in [4.78, 5) is 38.3. The lowest BCUT2D eigenvalue weighted by molar-refractivity contribution is -0.167. The molecule has 0 saturated heterocycles. The van der Waals surface area contributed by atoms with Gasteiger partial charge in [0, 0.05) is 19.3 Å². The van der Waals surface area contributed by atoms with E-state index in [-0.39, 0.29) is 31.1 Å². The maximum atomic E-state index is 12.9. The lowest BCUT2D eigenvalue weighted by Gasteiger charge is -2.18. The summed E-state index contributed by atoms with van der Waals surface area (Å²) in [5.74, 6) is -0.933. The Balaban J connectivity index is 4.46. The first-order chi connectivity index (χ1) is 36.0. The van der Waals surface area contributed by atoms with Crippen LogP contribution in [-0.4, -0.2) is 37.2 Å². The molecule has 1 unspecified atom stereocenters. The third-order valence-electron chi connectivity index (χ3n) is 12.7. The molecule has 6 nitrogen and oxygen atoms in total. The highest BCUT2D eigenvalue weighted by molar-refractivity contribution is 5.71. The topological polar surface area (TPSA) is 78.9 Å². The summed E-state index contributed by atoms with van der Waals surface area (Å²) in [7, 11) is 0. The Morgan fingerprint density at radius 1 is 0.288 bits per heavy atom. The van der Waals surface area contributed by atoms with Crippen molar-refractivity contribution in [2.45, 2.75) is 284 Å². The van der Waals surface area contributed by atoms with E-state index in [2.05, 4.69) is 130 Å². The van der Waals surface area contributed by atoms with E-state index in [1.54, 1.807) is 0 Å². The van der Waals surface area contributed by atoms with Crippen LogP contribution in [0.3, 0.4) is 0 Å². The van der Waals surface area contributed by atoms with Gasteiger partial charge in [-0.05, 0) is 128 Å². The minimum Gasteiger partial charge on any atom is -0.462 e. The first-order valence-electron chi connectivity index (χ1n) is 30.4. The molecule has 0 aromatic heterocycles. The Hall–Kier alpha value is -3.93. The van der Waals surface area contributed by atoms with Crippen LogP contribution in [0.4, 0.5) is 0 Å². The van der Waals surface area contributed by atoms with Crippen LogP contribution >= 0.6 is 0 Å². The van der Waals surface area contributed by atoms with Gasteiger partial charge in [0.1, 0.15) is 13.2 Å². The molecule has 73 heavy (non-hydrogen) atoms. The zero-order valence-electron chi connectivity index (χ0n) is 47.6. The molecule has 0 spiro atoms. The van der Waals surface area contributed by atoms with E-state index in [1.165, 1.54) is 96.3 Å². The highest BCUT2D eigenvalue weighted by Crippen LogP contribution is 2.14. The van der Waals surface area contributed by atoms with Crippen LogP contribution in [-0.2, 0) is 28.6 Å². The van der Waals surface area contributed by atoms with Gasteiger partial charge in [-0.25, -0.2) is 0 Å². The molecule has 416 valence electrons. The summed E-state index contributed by atoms with van der Waals surface area (Å²) in [6.45, 7) is 6.46. The first-order valence-corrected chi connectivity index (χ1v) is 30.4. The van der Waals surface area contributed by atoms with E-state index in [1.807, 2.05) is 0 Å². The predicted octanol–water partition coefficient (Wildman–Crippen LogP) is 20.7. The number of esters is 3. The van der Waals surface area contributed by atoms with Crippen LogP contribution in [0, 0.1) is 0 Å². The Labute approximate surface area is 450 Å². The van der Waals surface area contributed by atoms with Crippen molar-refractivity contribution in [2.75, 3.05) is 13.2 Å². The molecule has 0 aliphatic carbocycles. The largest absolute Gasteiger partial charge is 0.462 e. The van der Waals surface area contributed by atoms with Crippen LogP contribution in [0.25, 0.3) is 0 Å². The highest BCUT2D eigenvalue weighted by atomic mass is 16.6. The molecular weight excluding hydrogens is 901 g/mol. The maximum absolute atomic E-state index is 12.9. The minimum atomic E-state index is -0.801. The normalized spacial score (nSPS) is 12.9. The van der Waals surface area contributed by atoms with Gasteiger partial charge in [0.2, 0.25) is 0 Å². The van der Waals surface area contributed by atoms with Crippen molar-refractivity contribution >= 4 is 17.9 Å². The van der Waals surface area contributed by atoms with Gasteiger partial charge in [0.05, 0.1) is 0 Å². The average molecular weight is 1010 g/mol. The molecule has 6 heteroatoms. The summed E-state index contributed by atoms with van der Waals surface area (Å²) in [5, 5.41) is 0. The van der Waals surface area contributed by atoms with E-state index in [4.69, 9.17) is 14.2 Å². The molecule has 0 aromatic carbocycles. The number of rotatable bonds is 54. The second kappa shape index (κ2) is 60.6. The number of hydrogen-bond acceptors (Lipinski definition) is 6. The molecule has 0 amide bonds. The van der Waals surface area contributed by atoms with Crippen LogP contribution < -0.4 is 0 Å². The summed E-state index contributed by atoms with van der Waals surface area (Å²) in [6, 6.07) is 0. The van der Waals surface area contributed by atoms with Gasteiger partial charge in [0.15, 0.2) is 6.10 Å². The lowest BCUT2D eigenvalue weighted by Crippen LogP contribution is -2.30. The highest BCUT2D eigenvalue weighted by Gasteiger charge is 2.19. The number of hydrogen-bond donors (Lipinski definition) is 0. The second-order valence-electron chi connectivity index (χ2n) is 19.9. The Morgan fingerprint density at radius 3 is 0.863 bits per heavy atom. The molecule has 0 saturated carbocycles. The predicted molar refractivity (Wildman–Crippen MR) is 316 cm³/mol. The van der Waals surface area contributed by atoms with Crippen LogP contribution in [0.15, 0.2) is 109 Å². The summed E-state index contributed by atoms with van der Waals surface area (Å²) in [5.41, 5.74) is 0. The first kappa shape index (κ1) is 69.1. The lowest BCUT2D eigenvalue weighted by atomic mass is 10.1. The van der Waals surface area contributed by atoms with Crippen LogP contribution in [0.2, 0.25) is 0 Å². The van der Waals surface area contributed by atoms with Gasteiger partial charge in [-0.1, -0.05) is 239 Å². The quantitative estimate of drug-likeness (QED) is 0.0261. The SMILES string of the molecule is CC/C=C\C/C=C\C/C=C\C/C=C\CCCCCCCCC(=O)OC(COC(=O)CCCCCCC/C=C\C/C=C\CCCCC)COC(=O)CCCCCCCC/C=C\C/C=C\C/C=C\CCCCCCC. The van der Waals surface area contributed by atoms with Crippen LogP contribution in [0.5, 0.6) is 0 Å². The summed E-state index contributed by atoms with van der Waals surface area (Å²) < 4.78 is 16.9. The molecule has 0 bridgehead atoms. The second-order valence-corrected chi connectivity index (χ2v) is 19.9. The van der Waals surface area contributed by atoms with E-state index >= 15 is 0 Å². The van der Waals surface area contributed by atoms with Crippen molar-refractivity contribution in [3.05, 3.63) is 109 Å². The monoisotopic (exact) mass is 1010 g/mol. The number of carbonyl (C=O) groups excluding carboxylic acids is 3. The minimum absolute atomic E-state index is 0.0968. The zero-order chi connectivity index (χ0) is 52.9. The van der Waals surface area contributed by atoms with Crippen molar-refractivity contribution in [3.63, 3.8) is 0 Å². The standard InChI is InChI=1S/C67H112O6/c1-4-7-10-13-16-19-22-25-28-30-32-33-35-36-39-42-45-48-51-54-57-60-66(69)72-63-64(62-71-65(68)59-56-53-50-47-44-41-38-27-24-21-18-15-12-9-6-3)73-67(70)61-58-55-52-49-46-43-40-37-34-31-29-26-23-20-17-14-11-8-5-2/h8,11,17-18,20-22,25-27,29-30,32,34-38,64H,4-7,9-10,12-16,19,23-24,28,31,33,39-63H2,1-3H3/b11-8-,20-17-,21-18-,25-22-,29-26-,32-30-,36-35-,37-34-,38-27-. The maximum Gasteiger partial charge on any atom is 0.306 e. The Morgan fingerprint density at radius 2 is 0.534 bits per heavy atom. The van der Waals surface area contributed by atoms with Gasteiger partial charge in [-0.2, -0.15) is 0 Å². The third kappa shape index (κ3) is 58.8.